The van der Waals surface area contributed by atoms with Crippen molar-refractivity contribution < 1.29 is 9.53 Å². The molecule has 0 bridgehead atoms. The number of anilines is 1. The van der Waals surface area contributed by atoms with Crippen molar-refractivity contribution >= 4 is 12.0 Å². The minimum Gasteiger partial charge on any atom is -0.377 e. The van der Waals surface area contributed by atoms with Gasteiger partial charge in [0.15, 0.2) is 0 Å². The fraction of sp³-hybridized carbons (Fsp3) is 0.417. The molecule has 1 aliphatic heterocycles. The highest BCUT2D eigenvalue weighted by Gasteiger charge is 2.18. The lowest BCUT2D eigenvalue weighted by Gasteiger charge is -2.35. The van der Waals surface area contributed by atoms with Crippen molar-refractivity contribution in [3.05, 3.63) is 29.8 Å². The van der Waals surface area contributed by atoms with E-state index in [-0.39, 0.29) is 0 Å². The number of hydrogen-bond donors (Lipinski definition) is 0. The van der Waals surface area contributed by atoms with Gasteiger partial charge in [0.2, 0.25) is 0 Å². The highest BCUT2D eigenvalue weighted by atomic mass is 16.5. The SMILES string of the molecule is C[C@@H]1COCCN1c1ccc(C=O)cc1. The number of hydrogen-bond acceptors (Lipinski definition) is 3. The summed E-state index contributed by atoms with van der Waals surface area (Å²) in [6, 6.07) is 8.09. The molecule has 80 valence electrons. The van der Waals surface area contributed by atoms with Crippen LogP contribution in [0.2, 0.25) is 0 Å². The lowest BCUT2D eigenvalue weighted by Crippen LogP contribution is -2.43. The predicted octanol–water partition coefficient (Wildman–Crippen LogP) is 1.72. The predicted molar refractivity (Wildman–Crippen MR) is 59.5 cm³/mol. The molecule has 0 amide bonds. The van der Waals surface area contributed by atoms with Gasteiger partial charge < -0.3 is 9.64 Å². The largest absolute Gasteiger partial charge is 0.377 e. The van der Waals surface area contributed by atoms with E-state index in [0.29, 0.717) is 6.04 Å². The van der Waals surface area contributed by atoms with Gasteiger partial charge in [-0.25, -0.2) is 0 Å². The van der Waals surface area contributed by atoms with Crippen LogP contribution in [0.3, 0.4) is 0 Å². The van der Waals surface area contributed by atoms with Crippen molar-refractivity contribution in [1.82, 2.24) is 0 Å². The molecule has 1 fully saturated rings. The van der Waals surface area contributed by atoms with Gasteiger partial charge in [0.1, 0.15) is 6.29 Å². The highest BCUT2D eigenvalue weighted by Crippen LogP contribution is 2.19. The molecule has 0 aromatic heterocycles. The van der Waals surface area contributed by atoms with Gasteiger partial charge in [0.25, 0.3) is 0 Å². The van der Waals surface area contributed by atoms with E-state index in [9.17, 15) is 4.79 Å². The summed E-state index contributed by atoms with van der Waals surface area (Å²) in [7, 11) is 0. The molecule has 1 aromatic carbocycles. The van der Waals surface area contributed by atoms with Crippen molar-refractivity contribution in [2.45, 2.75) is 13.0 Å². The van der Waals surface area contributed by atoms with Crippen molar-refractivity contribution in [1.29, 1.82) is 0 Å². The third-order valence-corrected chi connectivity index (χ3v) is 2.73. The van der Waals surface area contributed by atoms with E-state index in [1.165, 1.54) is 0 Å². The third kappa shape index (κ3) is 2.18. The van der Waals surface area contributed by atoms with Crippen LogP contribution in [0.15, 0.2) is 24.3 Å². The fourth-order valence-electron chi connectivity index (χ4n) is 1.86. The molecule has 3 heteroatoms. The zero-order chi connectivity index (χ0) is 10.7. The number of carbonyl (C=O) groups excluding carboxylic acids is 1. The maximum absolute atomic E-state index is 10.5. The first-order chi connectivity index (χ1) is 7.31. The van der Waals surface area contributed by atoms with Gasteiger partial charge in [0, 0.05) is 23.8 Å². The van der Waals surface area contributed by atoms with Crippen LogP contribution in [0, 0.1) is 0 Å². The number of carbonyl (C=O) groups is 1. The summed E-state index contributed by atoms with van der Waals surface area (Å²) in [6.07, 6.45) is 0.868. The quantitative estimate of drug-likeness (QED) is 0.688. The maximum Gasteiger partial charge on any atom is 0.150 e. The van der Waals surface area contributed by atoms with Crippen molar-refractivity contribution in [2.24, 2.45) is 0 Å². The Morgan fingerprint density at radius 3 is 2.73 bits per heavy atom. The summed E-state index contributed by atoms with van der Waals surface area (Å²) in [5.41, 5.74) is 1.89. The van der Waals surface area contributed by atoms with Gasteiger partial charge in [-0.1, -0.05) is 0 Å². The average Bonchev–Trinajstić information content (AvgIpc) is 2.30. The van der Waals surface area contributed by atoms with Crippen LogP contribution in [0.1, 0.15) is 17.3 Å². The Balaban J connectivity index is 2.16. The Morgan fingerprint density at radius 2 is 2.13 bits per heavy atom. The van der Waals surface area contributed by atoms with Crippen molar-refractivity contribution in [3.8, 4) is 0 Å². The monoisotopic (exact) mass is 205 g/mol. The molecular formula is C12H15NO2. The van der Waals surface area contributed by atoms with Gasteiger partial charge in [-0.2, -0.15) is 0 Å². The Labute approximate surface area is 89.7 Å². The topological polar surface area (TPSA) is 29.5 Å². The molecule has 0 spiro atoms. The molecule has 1 saturated heterocycles. The number of nitrogens with zero attached hydrogens (tertiary/aromatic N) is 1. The van der Waals surface area contributed by atoms with Crippen LogP contribution in [0.25, 0.3) is 0 Å². The lowest BCUT2D eigenvalue weighted by atomic mass is 10.1. The van der Waals surface area contributed by atoms with Gasteiger partial charge >= 0.3 is 0 Å². The Hall–Kier alpha value is -1.35. The molecule has 0 saturated carbocycles. The summed E-state index contributed by atoms with van der Waals surface area (Å²) >= 11 is 0. The van der Waals surface area contributed by atoms with Crippen LogP contribution in [-0.4, -0.2) is 32.1 Å². The molecule has 1 aliphatic rings. The van der Waals surface area contributed by atoms with E-state index in [4.69, 9.17) is 4.74 Å². The summed E-state index contributed by atoms with van der Waals surface area (Å²) in [4.78, 5) is 12.8. The van der Waals surface area contributed by atoms with E-state index in [1.54, 1.807) is 0 Å². The van der Waals surface area contributed by atoms with Crippen molar-refractivity contribution in [3.63, 3.8) is 0 Å². The zero-order valence-electron chi connectivity index (χ0n) is 8.85. The second kappa shape index (κ2) is 4.45. The van der Waals surface area contributed by atoms with E-state index in [2.05, 4.69) is 11.8 Å². The van der Waals surface area contributed by atoms with Crippen LogP contribution in [-0.2, 0) is 4.74 Å². The fourth-order valence-corrected chi connectivity index (χ4v) is 1.86. The summed E-state index contributed by atoms with van der Waals surface area (Å²) in [5, 5.41) is 0. The highest BCUT2D eigenvalue weighted by molar-refractivity contribution is 5.75. The number of rotatable bonds is 2. The first-order valence-corrected chi connectivity index (χ1v) is 5.21. The molecule has 2 rings (SSSR count). The minimum absolute atomic E-state index is 0.404. The van der Waals surface area contributed by atoms with Crippen molar-refractivity contribution in [2.75, 3.05) is 24.7 Å². The number of benzene rings is 1. The van der Waals surface area contributed by atoms with Gasteiger partial charge in [-0.3, -0.25) is 4.79 Å². The normalized spacial score (nSPS) is 21.4. The Bertz CT molecular complexity index is 334. The Kier molecular flexibility index (Phi) is 3.02. The molecule has 0 N–H and O–H groups in total. The maximum atomic E-state index is 10.5. The summed E-state index contributed by atoms with van der Waals surface area (Å²) in [5.74, 6) is 0. The second-order valence-corrected chi connectivity index (χ2v) is 3.83. The molecule has 15 heavy (non-hydrogen) atoms. The minimum atomic E-state index is 0.404. The number of morpholine rings is 1. The summed E-state index contributed by atoms with van der Waals surface area (Å²) < 4.78 is 5.38. The molecule has 3 nitrogen and oxygen atoms in total. The van der Waals surface area contributed by atoms with E-state index >= 15 is 0 Å². The standard InChI is InChI=1S/C12H15NO2/c1-10-9-15-7-6-13(10)12-4-2-11(8-14)3-5-12/h2-5,8,10H,6-7,9H2,1H3/t10-/m1/s1. The van der Waals surface area contributed by atoms with Crippen LogP contribution >= 0.6 is 0 Å². The van der Waals surface area contributed by atoms with Crippen LogP contribution in [0.4, 0.5) is 5.69 Å². The molecule has 1 aromatic rings. The smallest absolute Gasteiger partial charge is 0.150 e. The second-order valence-electron chi connectivity index (χ2n) is 3.83. The molecule has 0 radical (unpaired) electrons. The third-order valence-electron chi connectivity index (χ3n) is 2.73. The molecular weight excluding hydrogens is 190 g/mol. The number of aldehydes is 1. The average molecular weight is 205 g/mol. The van der Waals surface area contributed by atoms with Gasteiger partial charge in [-0.05, 0) is 31.2 Å². The zero-order valence-corrected chi connectivity index (χ0v) is 8.85. The first-order valence-electron chi connectivity index (χ1n) is 5.21. The lowest BCUT2D eigenvalue weighted by molar-refractivity contribution is 0.0989. The molecule has 0 unspecified atom stereocenters. The molecule has 1 heterocycles. The molecule has 0 aliphatic carbocycles. The van der Waals surface area contributed by atoms with E-state index in [0.717, 1.165) is 37.3 Å². The number of ether oxygens (including phenoxy) is 1. The van der Waals surface area contributed by atoms with Crippen LogP contribution in [0.5, 0.6) is 0 Å². The van der Waals surface area contributed by atoms with Crippen LogP contribution < -0.4 is 4.90 Å². The van der Waals surface area contributed by atoms with Gasteiger partial charge in [0.05, 0.1) is 13.2 Å². The van der Waals surface area contributed by atoms with Gasteiger partial charge in [-0.15, -0.1) is 0 Å². The summed E-state index contributed by atoms with van der Waals surface area (Å²) in [6.45, 7) is 4.61. The first kappa shape index (κ1) is 10.2. The van der Waals surface area contributed by atoms with E-state index < -0.39 is 0 Å². The molecule has 1 atom stereocenters. The van der Waals surface area contributed by atoms with E-state index in [1.807, 2.05) is 24.3 Å². The Morgan fingerprint density at radius 1 is 1.40 bits per heavy atom.